The third-order valence-electron chi connectivity index (χ3n) is 2.06. The summed E-state index contributed by atoms with van der Waals surface area (Å²) in [5, 5.41) is 2.97. The molecule has 0 radical (unpaired) electrons. The lowest BCUT2D eigenvalue weighted by Crippen LogP contribution is -2.09. The number of halogens is 1. The maximum absolute atomic E-state index is 13.6. The van der Waals surface area contributed by atoms with Gasteiger partial charge in [0.05, 0.1) is 12.4 Å². The van der Waals surface area contributed by atoms with Gasteiger partial charge in [-0.2, -0.15) is 0 Å². The van der Waals surface area contributed by atoms with Crippen molar-refractivity contribution < 1.29 is 13.9 Å². The maximum Gasteiger partial charge on any atom is 0.316 e. The van der Waals surface area contributed by atoms with Gasteiger partial charge in [-0.3, -0.25) is 4.79 Å². The molecule has 0 heterocycles. The molecular formula is C12H16FNO2S. The predicted molar refractivity (Wildman–Crippen MR) is 66.5 cm³/mol. The fourth-order valence-electron chi connectivity index (χ4n) is 1.38. The number of carbonyl (C=O) groups excluding carboxylic acids is 1. The average molecular weight is 257 g/mol. The lowest BCUT2D eigenvalue weighted by Gasteiger charge is -2.09. The molecule has 0 saturated heterocycles. The number of nitrogens with one attached hydrogen (secondary N) is 1. The van der Waals surface area contributed by atoms with E-state index in [1.165, 1.54) is 17.8 Å². The molecule has 0 saturated carbocycles. The van der Waals surface area contributed by atoms with Crippen LogP contribution >= 0.6 is 11.8 Å². The third-order valence-corrected chi connectivity index (χ3v) is 3.18. The van der Waals surface area contributed by atoms with Crippen LogP contribution in [0.1, 0.15) is 12.5 Å². The van der Waals surface area contributed by atoms with Gasteiger partial charge in [-0.1, -0.05) is 12.1 Å². The number of thioether (sulfide) groups is 1. The van der Waals surface area contributed by atoms with Crippen LogP contribution in [0.15, 0.2) is 23.1 Å². The van der Waals surface area contributed by atoms with Crippen LogP contribution in [0.4, 0.5) is 4.39 Å². The van der Waals surface area contributed by atoms with Gasteiger partial charge in [-0.05, 0) is 25.6 Å². The highest BCUT2D eigenvalue weighted by Gasteiger charge is 2.11. The number of hydrogen-bond donors (Lipinski definition) is 1. The molecule has 0 aliphatic rings. The molecule has 1 aromatic rings. The van der Waals surface area contributed by atoms with Gasteiger partial charge in [0.25, 0.3) is 0 Å². The van der Waals surface area contributed by atoms with Gasteiger partial charge in [0.1, 0.15) is 5.82 Å². The highest BCUT2D eigenvalue weighted by Crippen LogP contribution is 2.26. The van der Waals surface area contributed by atoms with Crippen LogP contribution in [0.5, 0.6) is 0 Å². The van der Waals surface area contributed by atoms with E-state index in [4.69, 9.17) is 4.74 Å². The summed E-state index contributed by atoms with van der Waals surface area (Å²) in [6, 6.07) is 4.90. The van der Waals surface area contributed by atoms with Gasteiger partial charge in [0, 0.05) is 11.4 Å². The first-order chi connectivity index (χ1) is 8.19. The first-order valence-electron chi connectivity index (χ1n) is 5.39. The maximum atomic E-state index is 13.6. The minimum absolute atomic E-state index is 0.130. The molecular weight excluding hydrogens is 241 g/mol. The lowest BCUT2D eigenvalue weighted by molar-refractivity contribution is -0.139. The molecule has 17 heavy (non-hydrogen) atoms. The van der Waals surface area contributed by atoms with Gasteiger partial charge < -0.3 is 10.1 Å². The fourth-order valence-corrected chi connectivity index (χ4v) is 2.26. The molecule has 1 N–H and O–H groups in total. The van der Waals surface area contributed by atoms with Crippen molar-refractivity contribution in [3.63, 3.8) is 0 Å². The van der Waals surface area contributed by atoms with E-state index in [1.807, 2.05) is 6.07 Å². The molecule has 0 amide bonds. The van der Waals surface area contributed by atoms with E-state index in [9.17, 15) is 9.18 Å². The van der Waals surface area contributed by atoms with Crippen molar-refractivity contribution in [2.45, 2.75) is 18.4 Å². The van der Waals surface area contributed by atoms with Crippen LogP contribution in [0, 0.1) is 5.82 Å². The van der Waals surface area contributed by atoms with Crippen molar-refractivity contribution in [1.29, 1.82) is 0 Å². The topological polar surface area (TPSA) is 38.3 Å². The zero-order valence-corrected chi connectivity index (χ0v) is 10.8. The Bertz CT molecular complexity index is 385. The highest BCUT2D eigenvalue weighted by molar-refractivity contribution is 8.00. The van der Waals surface area contributed by atoms with Gasteiger partial charge in [0.2, 0.25) is 0 Å². The number of ether oxygens (including phenoxy) is 1. The quantitative estimate of drug-likeness (QED) is 0.626. The standard InChI is InChI=1S/C12H16FNO2S/c1-3-16-11(15)8-17-12-9(7-14-2)5-4-6-10(12)13/h4-6,14H,3,7-8H2,1-2H3. The van der Waals surface area contributed by atoms with Gasteiger partial charge in [-0.25, -0.2) is 4.39 Å². The number of hydrogen-bond acceptors (Lipinski definition) is 4. The normalized spacial score (nSPS) is 10.3. The Morgan fingerprint density at radius 3 is 2.94 bits per heavy atom. The van der Waals surface area contributed by atoms with Crippen LogP contribution < -0.4 is 5.32 Å². The van der Waals surface area contributed by atoms with Crippen LogP contribution in [0.3, 0.4) is 0 Å². The minimum Gasteiger partial charge on any atom is -0.465 e. The minimum atomic E-state index is -0.323. The van der Waals surface area contributed by atoms with Crippen molar-refractivity contribution >= 4 is 17.7 Å². The summed E-state index contributed by atoms with van der Waals surface area (Å²) in [6.07, 6.45) is 0. The summed E-state index contributed by atoms with van der Waals surface area (Å²) in [5.41, 5.74) is 0.849. The number of benzene rings is 1. The second-order valence-electron chi connectivity index (χ2n) is 3.35. The second-order valence-corrected chi connectivity index (χ2v) is 4.34. The van der Waals surface area contributed by atoms with Crippen LogP contribution in [0.25, 0.3) is 0 Å². The molecule has 0 unspecified atom stereocenters. The molecule has 1 rings (SSSR count). The van der Waals surface area contributed by atoms with Crippen molar-refractivity contribution in [1.82, 2.24) is 5.32 Å². The van der Waals surface area contributed by atoms with E-state index in [2.05, 4.69) is 5.32 Å². The first kappa shape index (κ1) is 14.0. The van der Waals surface area contributed by atoms with Gasteiger partial charge in [-0.15, -0.1) is 11.8 Å². The number of carbonyl (C=O) groups is 1. The molecule has 0 spiro atoms. The monoisotopic (exact) mass is 257 g/mol. The molecule has 0 aliphatic heterocycles. The van der Waals surface area contributed by atoms with E-state index in [-0.39, 0.29) is 17.5 Å². The van der Waals surface area contributed by atoms with E-state index >= 15 is 0 Å². The Morgan fingerprint density at radius 2 is 2.29 bits per heavy atom. The van der Waals surface area contributed by atoms with E-state index < -0.39 is 0 Å². The number of rotatable bonds is 6. The summed E-state index contributed by atoms with van der Waals surface area (Å²) in [4.78, 5) is 11.7. The lowest BCUT2D eigenvalue weighted by atomic mass is 10.2. The summed E-state index contributed by atoms with van der Waals surface area (Å²) in [7, 11) is 1.80. The molecule has 0 bridgehead atoms. The number of esters is 1. The summed E-state index contributed by atoms with van der Waals surface area (Å²) in [6.45, 7) is 2.67. The molecule has 1 aromatic carbocycles. The van der Waals surface area contributed by atoms with E-state index in [0.29, 0.717) is 18.0 Å². The van der Waals surface area contributed by atoms with Gasteiger partial charge >= 0.3 is 5.97 Å². The summed E-state index contributed by atoms with van der Waals surface area (Å²) in [5.74, 6) is -0.492. The Hall–Kier alpha value is -1.07. The second kappa shape index (κ2) is 7.29. The first-order valence-corrected chi connectivity index (χ1v) is 6.38. The molecule has 3 nitrogen and oxygen atoms in total. The smallest absolute Gasteiger partial charge is 0.316 e. The van der Waals surface area contributed by atoms with E-state index in [1.54, 1.807) is 20.0 Å². The highest BCUT2D eigenvalue weighted by atomic mass is 32.2. The predicted octanol–water partition coefficient (Wildman–Crippen LogP) is 2.20. The van der Waals surface area contributed by atoms with Gasteiger partial charge in [0.15, 0.2) is 0 Å². The Kier molecular flexibility index (Phi) is 6.00. The Labute approximate surface area is 105 Å². The molecule has 0 fully saturated rings. The van der Waals surface area contributed by atoms with Crippen LogP contribution in [-0.4, -0.2) is 25.4 Å². The van der Waals surface area contributed by atoms with Crippen LogP contribution in [0.2, 0.25) is 0 Å². The largest absolute Gasteiger partial charge is 0.465 e. The molecule has 0 atom stereocenters. The zero-order chi connectivity index (χ0) is 12.7. The summed E-state index contributed by atoms with van der Waals surface area (Å²) >= 11 is 1.17. The van der Waals surface area contributed by atoms with Crippen molar-refractivity contribution in [3.8, 4) is 0 Å². The average Bonchev–Trinajstić information content (AvgIpc) is 2.29. The molecule has 0 aromatic heterocycles. The van der Waals surface area contributed by atoms with E-state index in [0.717, 1.165) is 5.56 Å². The zero-order valence-electron chi connectivity index (χ0n) is 9.96. The third kappa shape index (κ3) is 4.36. The van der Waals surface area contributed by atoms with Crippen molar-refractivity contribution in [3.05, 3.63) is 29.6 Å². The molecule has 94 valence electrons. The van der Waals surface area contributed by atoms with Crippen LogP contribution in [-0.2, 0) is 16.1 Å². The SMILES string of the molecule is CCOC(=O)CSc1c(F)cccc1CNC. The fraction of sp³-hybridized carbons (Fsp3) is 0.417. The molecule has 0 aliphatic carbocycles. The Balaban J connectivity index is 2.71. The Morgan fingerprint density at radius 1 is 1.53 bits per heavy atom. The van der Waals surface area contributed by atoms with Crippen molar-refractivity contribution in [2.24, 2.45) is 0 Å². The van der Waals surface area contributed by atoms with Crippen molar-refractivity contribution in [2.75, 3.05) is 19.4 Å². The summed E-state index contributed by atoms with van der Waals surface area (Å²) < 4.78 is 18.4. The molecule has 5 heteroatoms.